The Balaban J connectivity index is 1.12. The van der Waals surface area contributed by atoms with Gasteiger partial charge >= 0.3 is 0 Å². The predicted molar refractivity (Wildman–Crippen MR) is 231 cm³/mol. The van der Waals surface area contributed by atoms with Gasteiger partial charge in [0.25, 0.3) is 0 Å². The molecule has 10 rings (SSSR count). The minimum Gasteiger partial charge on any atom is -0.456 e. The van der Waals surface area contributed by atoms with Crippen LogP contribution in [0.2, 0.25) is 0 Å². The van der Waals surface area contributed by atoms with Gasteiger partial charge in [-0.05, 0) is 36.2 Å². The highest BCUT2D eigenvalue weighted by Gasteiger charge is 2.21. The van der Waals surface area contributed by atoms with Crippen molar-refractivity contribution in [1.29, 1.82) is 0 Å². The van der Waals surface area contributed by atoms with Crippen LogP contribution >= 0.6 is 11.3 Å². The molecule has 0 aliphatic rings. The lowest BCUT2D eigenvalue weighted by molar-refractivity contribution is 0.669. The largest absolute Gasteiger partial charge is 0.456 e. The first-order valence-electron chi connectivity index (χ1n) is 18.5. The first-order valence-corrected chi connectivity index (χ1v) is 19.3. The number of benzene rings is 6. The second-order valence-electron chi connectivity index (χ2n) is 13.7. The summed E-state index contributed by atoms with van der Waals surface area (Å²) in [7, 11) is 0. The maximum Gasteiger partial charge on any atom is 0.164 e. The molecular formula is C49H33N5OS. The molecule has 0 saturated heterocycles. The molecule has 6 nitrogen and oxygen atoms in total. The van der Waals surface area contributed by atoms with Crippen LogP contribution in [-0.4, -0.2) is 24.9 Å². The lowest BCUT2D eigenvalue weighted by atomic mass is 9.94. The maximum absolute atomic E-state index is 6.59. The van der Waals surface area contributed by atoms with E-state index in [-0.39, 0.29) is 5.92 Å². The SMILES string of the molecule is C=CCC(C=C)c1ccc(-c2nc(-c3ccc4c(c3)oc3cccc(-c5nc(-c6ccccc6)nc(-c6ccccc6)n5)c34)nc3c2sc2ccccc23)cc1. The molecule has 0 fully saturated rings. The van der Waals surface area contributed by atoms with Crippen LogP contribution in [0.3, 0.4) is 0 Å². The highest BCUT2D eigenvalue weighted by atomic mass is 32.1. The fourth-order valence-electron chi connectivity index (χ4n) is 7.43. The molecule has 0 saturated carbocycles. The molecule has 56 heavy (non-hydrogen) atoms. The maximum atomic E-state index is 6.59. The van der Waals surface area contributed by atoms with Gasteiger partial charge in [0.1, 0.15) is 11.2 Å². The average Bonchev–Trinajstić information content (AvgIpc) is 3.84. The van der Waals surface area contributed by atoms with Crippen LogP contribution in [-0.2, 0) is 0 Å². The Labute approximate surface area is 327 Å². The van der Waals surface area contributed by atoms with E-state index in [0.29, 0.717) is 23.3 Å². The monoisotopic (exact) mass is 739 g/mol. The lowest BCUT2D eigenvalue weighted by Crippen LogP contribution is -2.00. The van der Waals surface area contributed by atoms with E-state index < -0.39 is 0 Å². The van der Waals surface area contributed by atoms with Crippen LogP contribution in [0.5, 0.6) is 0 Å². The molecule has 0 radical (unpaired) electrons. The Kier molecular flexibility index (Phi) is 8.34. The van der Waals surface area contributed by atoms with Gasteiger partial charge in [-0.15, -0.1) is 24.5 Å². The normalized spacial score (nSPS) is 12.1. The summed E-state index contributed by atoms with van der Waals surface area (Å²) >= 11 is 1.72. The van der Waals surface area contributed by atoms with E-state index in [9.17, 15) is 0 Å². The summed E-state index contributed by atoms with van der Waals surface area (Å²) < 4.78 is 8.83. The van der Waals surface area contributed by atoms with Crippen molar-refractivity contribution < 1.29 is 4.42 Å². The number of fused-ring (bicyclic) bond motifs is 6. The second kappa shape index (κ2) is 14.0. The number of hydrogen-bond donors (Lipinski definition) is 0. The standard InChI is InChI=1S/C49H33N5OS/c1-3-14-30(4-2)31-23-25-32(26-24-31)43-45-44(37-19-11-12-22-41(37)56-45)51-48(50-43)35-27-28-36-40(29-35)55-39-21-13-20-38(42(36)39)49-53-46(33-15-7-5-8-16-33)52-47(54-49)34-17-9-6-10-18-34/h3-13,15-30H,1-2,14H2. The third-order valence-corrected chi connectivity index (χ3v) is 11.4. The minimum atomic E-state index is 0.213. The molecule has 10 aromatic rings. The molecule has 6 aromatic carbocycles. The Hall–Kier alpha value is -7.09. The van der Waals surface area contributed by atoms with Gasteiger partial charge in [0.05, 0.1) is 15.9 Å². The van der Waals surface area contributed by atoms with Gasteiger partial charge in [-0.1, -0.05) is 133 Å². The van der Waals surface area contributed by atoms with Gasteiger partial charge in [-0.25, -0.2) is 24.9 Å². The second-order valence-corrected chi connectivity index (χ2v) is 14.7. The predicted octanol–water partition coefficient (Wildman–Crippen LogP) is 13.1. The molecule has 0 amide bonds. The molecule has 0 bridgehead atoms. The summed E-state index contributed by atoms with van der Waals surface area (Å²) in [5.74, 6) is 2.64. The summed E-state index contributed by atoms with van der Waals surface area (Å²) in [6.07, 6.45) is 4.76. The number of rotatable bonds is 9. The number of furan rings is 1. The lowest BCUT2D eigenvalue weighted by Gasteiger charge is -2.12. The topological polar surface area (TPSA) is 77.6 Å². The zero-order valence-electron chi connectivity index (χ0n) is 30.3. The fraction of sp³-hybridized carbons (Fsp3) is 0.0408. The highest BCUT2D eigenvalue weighted by Crippen LogP contribution is 2.42. The zero-order chi connectivity index (χ0) is 37.6. The molecule has 0 aliphatic carbocycles. The van der Waals surface area contributed by atoms with Crippen LogP contribution in [0.4, 0.5) is 0 Å². The molecule has 0 spiro atoms. The van der Waals surface area contributed by atoms with E-state index in [4.69, 9.17) is 29.3 Å². The highest BCUT2D eigenvalue weighted by molar-refractivity contribution is 7.26. The molecule has 0 aliphatic heterocycles. The van der Waals surface area contributed by atoms with Gasteiger partial charge < -0.3 is 4.42 Å². The van der Waals surface area contributed by atoms with E-state index in [1.54, 1.807) is 11.3 Å². The van der Waals surface area contributed by atoms with Crippen LogP contribution in [0.15, 0.2) is 175 Å². The molecule has 266 valence electrons. The minimum absolute atomic E-state index is 0.213. The van der Waals surface area contributed by atoms with Crippen molar-refractivity contribution in [1.82, 2.24) is 24.9 Å². The Morgan fingerprint density at radius 1 is 0.554 bits per heavy atom. The van der Waals surface area contributed by atoms with Gasteiger partial charge in [-0.3, -0.25) is 0 Å². The van der Waals surface area contributed by atoms with Crippen molar-refractivity contribution in [3.05, 3.63) is 176 Å². The van der Waals surface area contributed by atoms with Gasteiger partial charge in [0, 0.05) is 54.6 Å². The van der Waals surface area contributed by atoms with E-state index in [1.165, 1.54) is 10.3 Å². The van der Waals surface area contributed by atoms with E-state index in [2.05, 4.69) is 79.9 Å². The van der Waals surface area contributed by atoms with Crippen molar-refractivity contribution >= 4 is 53.6 Å². The average molecular weight is 740 g/mol. The van der Waals surface area contributed by atoms with Gasteiger partial charge in [0.2, 0.25) is 0 Å². The molecule has 0 N–H and O–H groups in total. The third-order valence-electron chi connectivity index (χ3n) is 10.2. The summed E-state index contributed by atoms with van der Waals surface area (Å²) in [5.41, 5.74) is 9.12. The summed E-state index contributed by atoms with van der Waals surface area (Å²) in [5, 5.41) is 3.01. The Morgan fingerprint density at radius 2 is 1.21 bits per heavy atom. The van der Waals surface area contributed by atoms with E-state index in [0.717, 1.165) is 77.5 Å². The molecular weight excluding hydrogens is 707 g/mol. The van der Waals surface area contributed by atoms with Crippen molar-refractivity contribution in [2.75, 3.05) is 0 Å². The van der Waals surface area contributed by atoms with Crippen LogP contribution in [0, 0.1) is 0 Å². The van der Waals surface area contributed by atoms with Crippen molar-refractivity contribution in [3.63, 3.8) is 0 Å². The smallest absolute Gasteiger partial charge is 0.164 e. The quantitative estimate of drug-likeness (QED) is 0.137. The third kappa shape index (κ3) is 5.86. The molecule has 4 heterocycles. The number of nitrogens with zero attached hydrogens (tertiary/aromatic N) is 5. The molecule has 4 aromatic heterocycles. The van der Waals surface area contributed by atoms with Crippen molar-refractivity contribution in [3.8, 4) is 56.8 Å². The number of hydrogen-bond acceptors (Lipinski definition) is 7. The van der Waals surface area contributed by atoms with Crippen molar-refractivity contribution in [2.45, 2.75) is 12.3 Å². The summed E-state index contributed by atoms with van der Waals surface area (Å²) in [6.45, 7) is 7.98. The summed E-state index contributed by atoms with van der Waals surface area (Å²) in [4.78, 5) is 25.4. The number of aromatic nitrogens is 5. The fourth-order valence-corrected chi connectivity index (χ4v) is 8.59. The molecule has 1 unspecified atom stereocenters. The first kappa shape index (κ1) is 33.5. The first-order chi connectivity index (χ1) is 27.6. The van der Waals surface area contributed by atoms with Gasteiger partial charge in [0.15, 0.2) is 23.3 Å². The number of thiophene rings is 1. The molecule has 7 heteroatoms. The van der Waals surface area contributed by atoms with E-state index in [1.807, 2.05) is 91.0 Å². The van der Waals surface area contributed by atoms with Crippen LogP contribution in [0.25, 0.3) is 99.1 Å². The van der Waals surface area contributed by atoms with Gasteiger partial charge in [-0.2, -0.15) is 0 Å². The summed E-state index contributed by atoms with van der Waals surface area (Å²) in [6, 6.07) is 49.4. The van der Waals surface area contributed by atoms with Crippen LogP contribution < -0.4 is 0 Å². The van der Waals surface area contributed by atoms with Crippen LogP contribution in [0.1, 0.15) is 17.9 Å². The van der Waals surface area contributed by atoms with E-state index >= 15 is 0 Å². The Morgan fingerprint density at radius 3 is 1.93 bits per heavy atom. The molecule has 1 atom stereocenters. The Bertz CT molecular complexity index is 3040. The number of allylic oxidation sites excluding steroid dienone is 2. The zero-order valence-corrected chi connectivity index (χ0v) is 31.1. The van der Waals surface area contributed by atoms with Crippen molar-refractivity contribution in [2.24, 2.45) is 0 Å².